The summed E-state index contributed by atoms with van der Waals surface area (Å²) in [5.74, 6) is 0. The first-order valence-electron chi connectivity index (χ1n) is 7.99. The van der Waals surface area contributed by atoms with Gasteiger partial charge in [0, 0.05) is 5.69 Å². The molecule has 1 N–H and O–H groups in total. The van der Waals surface area contributed by atoms with E-state index in [1.165, 1.54) is 41.8 Å². The van der Waals surface area contributed by atoms with Crippen molar-refractivity contribution in [3.8, 4) is 0 Å². The van der Waals surface area contributed by atoms with Crippen molar-refractivity contribution in [2.75, 3.05) is 7.05 Å². The summed E-state index contributed by atoms with van der Waals surface area (Å²) in [6, 6.07) is 9.52. The van der Waals surface area contributed by atoms with Gasteiger partial charge in [-0.15, -0.1) is 0 Å². The molecule has 0 aliphatic heterocycles. The largest absolute Gasteiger partial charge is 0.330 e. The normalized spacial score (nSPS) is 17.3. The van der Waals surface area contributed by atoms with Crippen molar-refractivity contribution < 1.29 is 0 Å². The Balaban J connectivity index is 1.90. The van der Waals surface area contributed by atoms with E-state index in [1.54, 1.807) is 0 Å². The molecule has 0 saturated heterocycles. The van der Waals surface area contributed by atoms with Crippen LogP contribution in [-0.4, -0.2) is 16.6 Å². The molecular weight excluding hydrogens is 258 g/mol. The van der Waals surface area contributed by atoms with Crippen molar-refractivity contribution >= 4 is 0 Å². The minimum Gasteiger partial charge on any atom is -0.330 e. The number of nitrogens with one attached hydrogen (secondary N) is 1. The van der Waals surface area contributed by atoms with E-state index in [9.17, 15) is 0 Å². The molecule has 0 saturated carbocycles. The smallest absolute Gasteiger partial charge is 0.0954 e. The molecule has 2 unspecified atom stereocenters. The summed E-state index contributed by atoms with van der Waals surface area (Å²) in [7, 11) is 2.05. The zero-order chi connectivity index (χ0) is 14.8. The van der Waals surface area contributed by atoms with Crippen LogP contribution in [-0.2, 0) is 12.8 Å². The van der Waals surface area contributed by atoms with Crippen LogP contribution in [0.5, 0.6) is 0 Å². The molecule has 0 radical (unpaired) electrons. The fraction of sp³-hybridized carbons (Fsp3) is 0.500. The maximum Gasteiger partial charge on any atom is 0.0954 e. The van der Waals surface area contributed by atoms with Gasteiger partial charge in [0.05, 0.1) is 24.1 Å². The Labute approximate surface area is 127 Å². The summed E-state index contributed by atoms with van der Waals surface area (Å²) in [6.07, 6.45) is 6.93. The van der Waals surface area contributed by atoms with Crippen LogP contribution in [0.25, 0.3) is 0 Å². The van der Waals surface area contributed by atoms with E-state index in [1.807, 2.05) is 13.4 Å². The number of hydrogen-bond acceptors (Lipinski definition) is 2. The van der Waals surface area contributed by atoms with Crippen molar-refractivity contribution in [1.82, 2.24) is 14.9 Å². The average Bonchev–Trinajstić information content (AvgIpc) is 2.94. The second-order valence-corrected chi connectivity index (χ2v) is 6.17. The summed E-state index contributed by atoms with van der Waals surface area (Å²) >= 11 is 0. The van der Waals surface area contributed by atoms with E-state index >= 15 is 0 Å². The minimum atomic E-state index is 0.311. The van der Waals surface area contributed by atoms with Crippen LogP contribution in [0.1, 0.15) is 54.4 Å². The van der Waals surface area contributed by atoms with Crippen LogP contribution in [0.15, 0.2) is 30.6 Å². The quantitative estimate of drug-likeness (QED) is 0.929. The van der Waals surface area contributed by atoms with Gasteiger partial charge in [0.1, 0.15) is 0 Å². The Bertz CT molecular complexity index is 597. The van der Waals surface area contributed by atoms with Crippen molar-refractivity contribution in [3.05, 3.63) is 53.1 Å². The van der Waals surface area contributed by atoms with Crippen LogP contribution in [0.4, 0.5) is 0 Å². The van der Waals surface area contributed by atoms with Gasteiger partial charge in [0.25, 0.3) is 0 Å². The first-order chi connectivity index (χ1) is 10.2. The second-order valence-electron chi connectivity index (χ2n) is 6.17. The molecule has 3 nitrogen and oxygen atoms in total. The maximum absolute atomic E-state index is 4.64. The van der Waals surface area contributed by atoms with Gasteiger partial charge in [-0.3, -0.25) is 0 Å². The van der Waals surface area contributed by atoms with Crippen LogP contribution in [0.2, 0.25) is 0 Å². The lowest BCUT2D eigenvalue weighted by atomic mass is 9.97. The standard InChI is InChI=1S/C18H25N3/c1-13-8-10-15(11-9-13)18(19-3)14(2)21-12-20-16-6-4-5-7-17(16)21/h8-12,14,18-19H,4-7H2,1-3H3. The van der Waals surface area contributed by atoms with E-state index in [2.05, 4.69) is 53.0 Å². The number of fused-ring (bicyclic) bond motifs is 1. The lowest BCUT2D eigenvalue weighted by Gasteiger charge is -2.28. The third-order valence-corrected chi connectivity index (χ3v) is 4.73. The van der Waals surface area contributed by atoms with Crippen molar-refractivity contribution in [3.63, 3.8) is 0 Å². The molecule has 1 aromatic carbocycles. The number of imidazole rings is 1. The summed E-state index contributed by atoms with van der Waals surface area (Å²) in [5, 5.41) is 3.48. The van der Waals surface area contributed by atoms with Gasteiger partial charge in [-0.2, -0.15) is 0 Å². The lowest BCUT2D eigenvalue weighted by Crippen LogP contribution is -2.27. The lowest BCUT2D eigenvalue weighted by molar-refractivity contribution is 0.389. The average molecular weight is 283 g/mol. The van der Waals surface area contributed by atoms with Crippen molar-refractivity contribution in [2.24, 2.45) is 0 Å². The number of rotatable bonds is 4. The maximum atomic E-state index is 4.64. The van der Waals surface area contributed by atoms with Gasteiger partial charge in [0.2, 0.25) is 0 Å². The molecular formula is C18H25N3. The number of aryl methyl sites for hydroxylation is 2. The Hall–Kier alpha value is -1.61. The minimum absolute atomic E-state index is 0.311. The zero-order valence-electron chi connectivity index (χ0n) is 13.3. The Kier molecular flexibility index (Phi) is 4.11. The molecule has 3 rings (SSSR count). The van der Waals surface area contributed by atoms with Gasteiger partial charge >= 0.3 is 0 Å². The number of nitrogens with zero attached hydrogens (tertiary/aromatic N) is 2. The topological polar surface area (TPSA) is 29.9 Å². The SMILES string of the molecule is CNC(c1ccc(C)cc1)C(C)n1cnc2c1CCCC2. The molecule has 0 bridgehead atoms. The van der Waals surface area contributed by atoms with Gasteiger partial charge in [-0.25, -0.2) is 4.98 Å². The van der Waals surface area contributed by atoms with E-state index in [4.69, 9.17) is 0 Å². The third kappa shape index (κ3) is 2.75. The molecule has 1 heterocycles. The van der Waals surface area contributed by atoms with E-state index in [-0.39, 0.29) is 0 Å². The summed E-state index contributed by atoms with van der Waals surface area (Å²) < 4.78 is 2.38. The molecule has 21 heavy (non-hydrogen) atoms. The summed E-state index contributed by atoms with van der Waals surface area (Å²) in [6.45, 7) is 4.42. The van der Waals surface area contributed by atoms with Crippen LogP contribution in [0, 0.1) is 6.92 Å². The number of aromatic nitrogens is 2. The number of benzene rings is 1. The number of hydrogen-bond donors (Lipinski definition) is 1. The molecule has 3 heteroatoms. The highest BCUT2D eigenvalue weighted by Gasteiger charge is 2.24. The predicted octanol–water partition coefficient (Wildman–Crippen LogP) is 3.59. The van der Waals surface area contributed by atoms with Gasteiger partial charge in [-0.05, 0) is 52.1 Å². The Morgan fingerprint density at radius 1 is 1.14 bits per heavy atom. The second kappa shape index (κ2) is 6.02. The van der Waals surface area contributed by atoms with E-state index in [0.29, 0.717) is 12.1 Å². The van der Waals surface area contributed by atoms with Crippen LogP contribution < -0.4 is 5.32 Å². The molecule has 0 spiro atoms. The van der Waals surface area contributed by atoms with Gasteiger partial charge < -0.3 is 9.88 Å². The van der Waals surface area contributed by atoms with Gasteiger partial charge in [-0.1, -0.05) is 29.8 Å². The molecule has 0 amide bonds. The van der Waals surface area contributed by atoms with E-state index in [0.717, 1.165) is 6.42 Å². The highest BCUT2D eigenvalue weighted by atomic mass is 15.1. The monoisotopic (exact) mass is 283 g/mol. The highest BCUT2D eigenvalue weighted by Crippen LogP contribution is 2.30. The first kappa shape index (κ1) is 14.3. The molecule has 0 fully saturated rings. The Morgan fingerprint density at radius 2 is 1.86 bits per heavy atom. The molecule has 1 aromatic heterocycles. The molecule has 1 aliphatic rings. The summed E-state index contributed by atoms with van der Waals surface area (Å²) in [4.78, 5) is 4.64. The fourth-order valence-electron chi connectivity index (χ4n) is 3.46. The van der Waals surface area contributed by atoms with Crippen LogP contribution >= 0.6 is 0 Å². The van der Waals surface area contributed by atoms with Crippen molar-refractivity contribution in [2.45, 2.75) is 51.6 Å². The van der Waals surface area contributed by atoms with Gasteiger partial charge in [0.15, 0.2) is 0 Å². The third-order valence-electron chi connectivity index (χ3n) is 4.73. The fourth-order valence-corrected chi connectivity index (χ4v) is 3.46. The van der Waals surface area contributed by atoms with E-state index < -0.39 is 0 Å². The molecule has 1 aliphatic carbocycles. The van der Waals surface area contributed by atoms with Crippen LogP contribution in [0.3, 0.4) is 0 Å². The predicted molar refractivity (Wildman–Crippen MR) is 86.6 cm³/mol. The highest BCUT2D eigenvalue weighted by molar-refractivity contribution is 5.26. The zero-order valence-corrected chi connectivity index (χ0v) is 13.3. The molecule has 2 atom stereocenters. The first-order valence-corrected chi connectivity index (χ1v) is 7.99. The molecule has 2 aromatic rings. The van der Waals surface area contributed by atoms with Crippen molar-refractivity contribution in [1.29, 1.82) is 0 Å². The molecule has 112 valence electrons. The summed E-state index contributed by atoms with van der Waals surface area (Å²) in [5.41, 5.74) is 5.41. The Morgan fingerprint density at radius 3 is 2.57 bits per heavy atom. The number of likely N-dealkylation sites (N-methyl/N-ethyl adjacent to an activating group) is 1.